The maximum Gasteiger partial charge on any atom is 0.232 e. The number of nitrogens with one attached hydrogen (secondary N) is 1. The first-order valence-corrected chi connectivity index (χ1v) is 9.02. The van der Waals surface area contributed by atoms with Crippen molar-refractivity contribution in [1.29, 1.82) is 0 Å². The zero-order valence-corrected chi connectivity index (χ0v) is 13.8. The summed E-state index contributed by atoms with van der Waals surface area (Å²) in [4.78, 5) is 26.2. The smallest absolute Gasteiger partial charge is 0.232 e. The number of carbonyl (C=O) groups excluding carboxylic acids is 2. The van der Waals surface area contributed by atoms with Gasteiger partial charge in [0.1, 0.15) is 6.42 Å². The molecule has 0 aromatic rings. The van der Waals surface area contributed by atoms with E-state index in [1.54, 1.807) is 4.90 Å². The van der Waals surface area contributed by atoms with E-state index < -0.39 is 5.79 Å². The summed E-state index contributed by atoms with van der Waals surface area (Å²) < 4.78 is 11.3. The number of amides is 2. The minimum Gasteiger partial charge on any atom is -0.353 e. The van der Waals surface area contributed by atoms with Crippen molar-refractivity contribution < 1.29 is 19.1 Å². The zero-order chi connectivity index (χ0) is 16.1. The molecule has 0 aromatic heterocycles. The highest BCUT2D eigenvalue weighted by atomic mass is 16.7. The van der Waals surface area contributed by atoms with Crippen molar-refractivity contribution in [3.05, 3.63) is 0 Å². The third-order valence-corrected chi connectivity index (χ3v) is 5.22. The summed E-state index contributed by atoms with van der Waals surface area (Å²) in [6.45, 7) is 2.49. The van der Waals surface area contributed by atoms with Gasteiger partial charge in [0.25, 0.3) is 0 Å². The van der Waals surface area contributed by atoms with Crippen LogP contribution in [-0.2, 0) is 19.1 Å². The minimum absolute atomic E-state index is 0.0365. The molecule has 0 radical (unpaired) electrons. The summed E-state index contributed by atoms with van der Waals surface area (Å²) in [5, 5.41) is 3.04. The number of piperidine rings is 1. The number of carbonyl (C=O) groups is 2. The predicted molar refractivity (Wildman–Crippen MR) is 84.7 cm³/mol. The van der Waals surface area contributed by atoms with Gasteiger partial charge in [-0.05, 0) is 12.8 Å². The number of hydrogen-bond acceptors (Lipinski definition) is 4. The lowest BCUT2D eigenvalue weighted by atomic mass is 10.0. The minimum atomic E-state index is -0.473. The highest BCUT2D eigenvalue weighted by Crippen LogP contribution is 2.31. The largest absolute Gasteiger partial charge is 0.353 e. The molecule has 0 atom stereocenters. The fourth-order valence-corrected chi connectivity index (χ4v) is 3.83. The molecule has 6 nitrogen and oxygen atoms in total. The second-order valence-electron chi connectivity index (χ2n) is 6.92. The van der Waals surface area contributed by atoms with Crippen LogP contribution in [0.4, 0.5) is 0 Å². The molecule has 2 saturated heterocycles. The summed E-state index contributed by atoms with van der Waals surface area (Å²) in [5.41, 5.74) is 0. The second-order valence-corrected chi connectivity index (χ2v) is 6.92. The molecule has 1 saturated carbocycles. The molecule has 3 aliphatic rings. The molecule has 23 heavy (non-hydrogen) atoms. The normalized spacial score (nSPS) is 25.3. The van der Waals surface area contributed by atoms with Crippen molar-refractivity contribution in [2.75, 3.05) is 26.3 Å². The fourth-order valence-electron chi connectivity index (χ4n) is 3.83. The van der Waals surface area contributed by atoms with Crippen LogP contribution in [0, 0.1) is 0 Å². The molecule has 0 aromatic carbocycles. The van der Waals surface area contributed by atoms with Crippen molar-refractivity contribution in [3.8, 4) is 0 Å². The Morgan fingerprint density at radius 1 is 1.00 bits per heavy atom. The molecule has 1 N–H and O–H groups in total. The molecular formula is C17H28N2O4. The average molecular weight is 324 g/mol. The topological polar surface area (TPSA) is 67.9 Å². The van der Waals surface area contributed by atoms with Crippen LogP contribution < -0.4 is 5.32 Å². The summed E-state index contributed by atoms with van der Waals surface area (Å²) in [6, 6.07) is 0.253. The van der Waals surface area contributed by atoms with Crippen LogP contribution in [0.15, 0.2) is 0 Å². The van der Waals surface area contributed by atoms with Gasteiger partial charge in [-0.15, -0.1) is 0 Å². The Labute approximate surface area is 137 Å². The van der Waals surface area contributed by atoms with Crippen molar-refractivity contribution in [2.45, 2.75) is 69.6 Å². The number of likely N-dealkylation sites (tertiary alicyclic amines) is 1. The van der Waals surface area contributed by atoms with Crippen molar-refractivity contribution in [1.82, 2.24) is 10.2 Å². The maximum absolute atomic E-state index is 12.3. The Morgan fingerprint density at radius 3 is 2.22 bits per heavy atom. The number of hydrogen-bond donors (Lipinski definition) is 1. The number of nitrogens with zero attached hydrogens (tertiary/aromatic N) is 1. The quantitative estimate of drug-likeness (QED) is 0.632. The van der Waals surface area contributed by atoms with E-state index in [9.17, 15) is 9.59 Å². The molecular weight excluding hydrogens is 296 g/mol. The van der Waals surface area contributed by atoms with E-state index in [4.69, 9.17) is 9.47 Å². The van der Waals surface area contributed by atoms with E-state index in [1.165, 1.54) is 25.7 Å². The summed E-state index contributed by atoms with van der Waals surface area (Å²) >= 11 is 0. The van der Waals surface area contributed by atoms with Gasteiger partial charge >= 0.3 is 0 Å². The standard InChI is InChI=1S/C17H28N2O4/c20-15(18-14-5-3-1-2-4-6-14)13-16(21)19-9-7-17(8-10-19)22-11-12-23-17/h14H,1-13H2,(H,18,20). The Bertz CT molecular complexity index is 416. The van der Waals surface area contributed by atoms with E-state index in [2.05, 4.69) is 5.32 Å². The van der Waals surface area contributed by atoms with Gasteiger partial charge in [-0.2, -0.15) is 0 Å². The van der Waals surface area contributed by atoms with E-state index in [1.807, 2.05) is 0 Å². The summed E-state index contributed by atoms with van der Waals surface area (Å²) in [5.74, 6) is -0.682. The van der Waals surface area contributed by atoms with Gasteiger partial charge in [-0.1, -0.05) is 25.7 Å². The zero-order valence-electron chi connectivity index (χ0n) is 13.8. The van der Waals surface area contributed by atoms with Crippen molar-refractivity contribution >= 4 is 11.8 Å². The van der Waals surface area contributed by atoms with Crippen LogP contribution in [0.2, 0.25) is 0 Å². The molecule has 2 aliphatic heterocycles. The molecule has 1 spiro atoms. The molecule has 3 rings (SSSR count). The van der Waals surface area contributed by atoms with Crippen LogP contribution in [0.5, 0.6) is 0 Å². The Balaban J connectivity index is 1.41. The first-order valence-electron chi connectivity index (χ1n) is 9.02. The molecule has 0 unspecified atom stereocenters. The molecule has 1 aliphatic carbocycles. The van der Waals surface area contributed by atoms with Gasteiger partial charge in [0.15, 0.2) is 5.79 Å². The third kappa shape index (κ3) is 4.44. The molecule has 3 fully saturated rings. The molecule has 6 heteroatoms. The summed E-state index contributed by atoms with van der Waals surface area (Å²) in [7, 11) is 0. The monoisotopic (exact) mass is 324 g/mol. The van der Waals surface area contributed by atoms with Gasteiger partial charge in [0.05, 0.1) is 13.2 Å². The van der Waals surface area contributed by atoms with E-state index in [0.717, 1.165) is 12.8 Å². The van der Waals surface area contributed by atoms with Gasteiger partial charge in [0, 0.05) is 32.0 Å². The third-order valence-electron chi connectivity index (χ3n) is 5.22. The number of rotatable bonds is 3. The number of ether oxygens (including phenoxy) is 2. The first-order chi connectivity index (χ1) is 11.2. The van der Waals surface area contributed by atoms with Gasteiger partial charge < -0.3 is 19.7 Å². The van der Waals surface area contributed by atoms with Crippen molar-refractivity contribution in [2.24, 2.45) is 0 Å². The van der Waals surface area contributed by atoms with Crippen LogP contribution in [0.3, 0.4) is 0 Å². The van der Waals surface area contributed by atoms with Crippen LogP contribution in [-0.4, -0.2) is 54.8 Å². The summed E-state index contributed by atoms with van der Waals surface area (Å²) in [6.07, 6.45) is 8.30. The predicted octanol–water partition coefficient (Wildman–Crippen LogP) is 1.58. The first kappa shape index (κ1) is 16.7. The second kappa shape index (κ2) is 7.62. The van der Waals surface area contributed by atoms with Crippen LogP contribution in [0.25, 0.3) is 0 Å². The molecule has 0 bridgehead atoms. The van der Waals surface area contributed by atoms with E-state index in [-0.39, 0.29) is 24.3 Å². The van der Waals surface area contributed by atoms with Gasteiger partial charge in [0.2, 0.25) is 11.8 Å². The Morgan fingerprint density at radius 2 is 1.61 bits per heavy atom. The Hall–Kier alpha value is -1.14. The van der Waals surface area contributed by atoms with Crippen LogP contribution >= 0.6 is 0 Å². The average Bonchev–Trinajstić information content (AvgIpc) is 2.83. The van der Waals surface area contributed by atoms with Gasteiger partial charge in [-0.25, -0.2) is 0 Å². The molecule has 130 valence electrons. The SMILES string of the molecule is O=C(CC(=O)N1CCC2(CC1)OCCO2)NC1CCCCCC1. The lowest BCUT2D eigenvalue weighted by Gasteiger charge is -2.37. The van der Waals surface area contributed by atoms with Crippen molar-refractivity contribution in [3.63, 3.8) is 0 Å². The lowest BCUT2D eigenvalue weighted by Crippen LogP contribution is -2.48. The van der Waals surface area contributed by atoms with E-state index in [0.29, 0.717) is 39.1 Å². The lowest BCUT2D eigenvalue weighted by molar-refractivity contribution is -0.187. The van der Waals surface area contributed by atoms with E-state index >= 15 is 0 Å². The Kier molecular flexibility index (Phi) is 5.54. The van der Waals surface area contributed by atoms with Crippen LogP contribution in [0.1, 0.15) is 57.8 Å². The fraction of sp³-hybridized carbons (Fsp3) is 0.882. The molecule has 2 heterocycles. The molecule has 2 amide bonds. The highest BCUT2D eigenvalue weighted by molar-refractivity contribution is 5.97. The highest BCUT2D eigenvalue weighted by Gasteiger charge is 2.40. The van der Waals surface area contributed by atoms with Gasteiger partial charge in [-0.3, -0.25) is 9.59 Å². The maximum atomic E-state index is 12.3.